The molecule has 13 heavy (non-hydrogen) atoms. The quantitative estimate of drug-likeness (QED) is 0.400. The second-order valence-corrected chi connectivity index (χ2v) is 4.35. The zero-order chi connectivity index (χ0) is 9.40. The molecule has 0 unspecified atom stereocenters. The molecule has 80 valence electrons. The van der Waals surface area contributed by atoms with Crippen molar-refractivity contribution in [2.75, 3.05) is 0 Å². The maximum atomic E-state index is 2.32. The van der Waals surface area contributed by atoms with E-state index < -0.39 is 0 Å². The van der Waals surface area contributed by atoms with Crippen molar-refractivity contribution >= 4 is 0 Å². The monoisotopic (exact) mass is 184 g/mol. The predicted molar refractivity (Wildman–Crippen MR) is 64.0 cm³/mol. The number of hydrogen-bond acceptors (Lipinski definition) is 0. The Hall–Kier alpha value is -0.260. The molecule has 0 bridgehead atoms. The average molecular weight is 184 g/mol. The molecule has 0 aromatic carbocycles. The molecule has 0 aliphatic rings. The van der Waals surface area contributed by atoms with Gasteiger partial charge in [0.25, 0.3) is 0 Å². The van der Waals surface area contributed by atoms with Crippen LogP contribution in [0.5, 0.6) is 0 Å². The van der Waals surface area contributed by atoms with Gasteiger partial charge in [0.1, 0.15) is 0 Å². The Kier molecular flexibility index (Phi) is 11.5. The van der Waals surface area contributed by atoms with Crippen LogP contribution in [0.1, 0.15) is 60.8 Å². The Morgan fingerprint density at radius 1 is 1.00 bits per heavy atom. The Bertz CT molecular complexity index is 109. The van der Waals surface area contributed by atoms with Crippen LogP contribution in [-0.4, -0.2) is 0 Å². The summed E-state index contributed by atoms with van der Waals surface area (Å²) >= 11 is 0. The van der Waals surface area contributed by atoms with Gasteiger partial charge < -0.3 is 0 Å². The first-order valence-corrected chi connectivity index (χ1v) is 5.29. The number of rotatable bonds is 6. The second kappa shape index (κ2) is 9.83. The van der Waals surface area contributed by atoms with Gasteiger partial charge in [-0.1, -0.05) is 60.1 Å². The summed E-state index contributed by atoms with van der Waals surface area (Å²) in [6.45, 7) is 9.04. The highest BCUT2D eigenvalue weighted by molar-refractivity contribution is 4.83. The zero-order valence-corrected chi connectivity index (χ0v) is 9.14. The van der Waals surface area contributed by atoms with E-state index in [2.05, 4.69) is 39.8 Å². The molecule has 0 aliphatic carbocycles. The van der Waals surface area contributed by atoms with E-state index >= 15 is 0 Å². The van der Waals surface area contributed by atoms with Gasteiger partial charge in [-0.2, -0.15) is 0 Å². The maximum Gasteiger partial charge on any atom is -0.0290 e. The average Bonchev–Trinajstić information content (AvgIpc) is 1.95. The van der Waals surface area contributed by atoms with Gasteiger partial charge in [0.15, 0.2) is 0 Å². The van der Waals surface area contributed by atoms with E-state index in [0.717, 1.165) is 11.8 Å². The summed E-state index contributed by atoms with van der Waals surface area (Å²) in [4.78, 5) is 0. The number of allylic oxidation sites excluding steroid dienone is 2. The van der Waals surface area contributed by atoms with Gasteiger partial charge in [-0.25, -0.2) is 0 Å². The van der Waals surface area contributed by atoms with E-state index in [1.165, 1.54) is 25.7 Å². The van der Waals surface area contributed by atoms with Crippen molar-refractivity contribution in [3.05, 3.63) is 12.2 Å². The molecule has 0 amide bonds. The minimum Gasteiger partial charge on any atom is -0.0883 e. The van der Waals surface area contributed by atoms with Gasteiger partial charge in [-0.3, -0.25) is 0 Å². The fraction of sp³-hybridized carbons (Fsp3) is 0.846. The van der Waals surface area contributed by atoms with Crippen LogP contribution in [0, 0.1) is 11.8 Å². The molecule has 0 N–H and O–H groups in total. The lowest BCUT2D eigenvalue weighted by atomic mass is 10.0. The van der Waals surface area contributed by atoms with E-state index in [0.29, 0.717) is 0 Å². The van der Waals surface area contributed by atoms with Gasteiger partial charge in [0.05, 0.1) is 0 Å². The number of unbranched alkanes of at least 4 members (excludes halogenated alkanes) is 2. The van der Waals surface area contributed by atoms with Crippen LogP contribution in [0.25, 0.3) is 0 Å². The summed E-state index contributed by atoms with van der Waals surface area (Å²) < 4.78 is 0. The first kappa shape index (κ1) is 15.2. The van der Waals surface area contributed by atoms with Crippen LogP contribution in [0.4, 0.5) is 0 Å². The molecule has 0 aromatic rings. The lowest BCUT2D eigenvalue weighted by Crippen LogP contribution is -1.86. The zero-order valence-electron chi connectivity index (χ0n) is 9.14. The van der Waals surface area contributed by atoms with Gasteiger partial charge in [0, 0.05) is 0 Å². The van der Waals surface area contributed by atoms with Crippen LogP contribution in [-0.2, 0) is 0 Å². The van der Waals surface area contributed by atoms with Crippen LogP contribution in [0.3, 0.4) is 0 Å². The van der Waals surface area contributed by atoms with E-state index in [-0.39, 0.29) is 7.43 Å². The van der Waals surface area contributed by atoms with Crippen molar-refractivity contribution in [1.82, 2.24) is 0 Å². The van der Waals surface area contributed by atoms with Crippen molar-refractivity contribution in [3.63, 3.8) is 0 Å². The topological polar surface area (TPSA) is 0 Å². The van der Waals surface area contributed by atoms with Gasteiger partial charge in [-0.05, 0) is 24.7 Å². The Morgan fingerprint density at radius 3 is 2.08 bits per heavy atom. The molecule has 0 fully saturated rings. The fourth-order valence-corrected chi connectivity index (χ4v) is 1.18. The lowest BCUT2D eigenvalue weighted by molar-refractivity contribution is 0.540. The summed E-state index contributed by atoms with van der Waals surface area (Å²) in [6.07, 6.45) is 10.0. The molecular formula is C13H28. The Labute approximate surface area is 85.4 Å². The minimum absolute atomic E-state index is 0. The predicted octanol–water partition coefficient (Wildman–Crippen LogP) is 5.05. The first-order valence-electron chi connectivity index (χ1n) is 5.29. The van der Waals surface area contributed by atoms with E-state index in [4.69, 9.17) is 0 Å². The molecule has 0 atom stereocenters. The first-order chi connectivity index (χ1) is 5.63. The van der Waals surface area contributed by atoms with Crippen LogP contribution < -0.4 is 0 Å². The standard InChI is InChI=1S/C12H24.CH4/c1-11(2)9-7-5-6-8-10-12(3)4;/h7,9,11-12H,5-6,8,10H2,1-4H3;1H4/b9-7+;. The molecule has 0 spiro atoms. The van der Waals surface area contributed by atoms with Crippen molar-refractivity contribution in [1.29, 1.82) is 0 Å². The molecule has 0 saturated carbocycles. The highest BCUT2D eigenvalue weighted by Gasteiger charge is 1.92. The summed E-state index contributed by atoms with van der Waals surface area (Å²) in [5, 5.41) is 0. The fourth-order valence-electron chi connectivity index (χ4n) is 1.18. The van der Waals surface area contributed by atoms with Gasteiger partial charge in [-0.15, -0.1) is 0 Å². The van der Waals surface area contributed by atoms with E-state index in [1.807, 2.05) is 0 Å². The molecule has 0 aliphatic heterocycles. The molecule has 0 saturated heterocycles. The normalized spacial score (nSPS) is 11.2. The van der Waals surface area contributed by atoms with E-state index in [1.54, 1.807) is 0 Å². The second-order valence-electron chi connectivity index (χ2n) is 4.35. The highest BCUT2D eigenvalue weighted by atomic mass is 14.0. The van der Waals surface area contributed by atoms with Gasteiger partial charge >= 0.3 is 0 Å². The molecule has 0 rings (SSSR count). The highest BCUT2D eigenvalue weighted by Crippen LogP contribution is 2.08. The third-order valence-electron chi connectivity index (χ3n) is 1.92. The molecule has 0 nitrogen and oxygen atoms in total. The van der Waals surface area contributed by atoms with Crippen molar-refractivity contribution in [2.45, 2.75) is 60.8 Å². The third-order valence-corrected chi connectivity index (χ3v) is 1.92. The van der Waals surface area contributed by atoms with Crippen LogP contribution in [0.15, 0.2) is 12.2 Å². The van der Waals surface area contributed by atoms with Crippen molar-refractivity contribution < 1.29 is 0 Å². The third kappa shape index (κ3) is 14.6. The summed E-state index contributed by atoms with van der Waals surface area (Å²) in [6, 6.07) is 0. The summed E-state index contributed by atoms with van der Waals surface area (Å²) in [7, 11) is 0. The SMILES string of the molecule is C.CC(C)/C=C/CCCCC(C)C. The molecular weight excluding hydrogens is 156 g/mol. The molecule has 0 radical (unpaired) electrons. The Morgan fingerprint density at radius 2 is 1.62 bits per heavy atom. The largest absolute Gasteiger partial charge is 0.0883 e. The molecule has 0 heterocycles. The lowest BCUT2D eigenvalue weighted by Gasteiger charge is -2.01. The van der Waals surface area contributed by atoms with E-state index in [9.17, 15) is 0 Å². The molecule has 0 heteroatoms. The Balaban J connectivity index is 0. The summed E-state index contributed by atoms with van der Waals surface area (Å²) in [5.74, 6) is 1.59. The smallest absolute Gasteiger partial charge is 0.0290 e. The number of hydrogen-bond donors (Lipinski definition) is 0. The molecule has 0 aromatic heterocycles. The van der Waals surface area contributed by atoms with Crippen LogP contribution in [0.2, 0.25) is 0 Å². The van der Waals surface area contributed by atoms with Crippen LogP contribution >= 0.6 is 0 Å². The van der Waals surface area contributed by atoms with Gasteiger partial charge in [0.2, 0.25) is 0 Å². The summed E-state index contributed by atoms with van der Waals surface area (Å²) in [5.41, 5.74) is 0. The van der Waals surface area contributed by atoms with Crippen molar-refractivity contribution in [3.8, 4) is 0 Å². The maximum absolute atomic E-state index is 2.32. The van der Waals surface area contributed by atoms with Crippen molar-refractivity contribution in [2.24, 2.45) is 11.8 Å². The minimum atomic E-state index is 0.